The maximum absolute atomic E-state index is 12.6. The van der Waals surface area contributed by atoms with Gasteiger partial charge in [0.25, 0.3) is 0 Å². The number of hydrogen-bond acceptors (Lipinski definition) is 3. The molecule has 0 aromatic carbocycles. The second-order valence-corrected chi connectivity index (χ2v) is 5.95. The minimum Gasteiger partial charge on any atom is -0.341 e. The Morgan fingerprint density at radius 2 is 2.11 bits per heavy atom. The van der Waals surface area contributed by atoms with Crippen molar-refractivity contribution in [3.63, 3.8) is 0 Å². The third-order valence-corrected chi connectivity index (χ3v) is 4.51. The molecule has 2 aliphatic rings. The van der Waals surface area contributed by atoms with Crippen LogP contribution in [0.1, 0.15) is 46.0 Å². The maximum atomic E-state index is 12.6. The van der Waals surface area contributed by atoms with E-state index in [1.165, 1.54) is 25.7 Å². The van der Waals surface area contributed by atoms with Gasteiger partial charge in [-0.3, -0.25) is 9.69 Å². The molecular weight excluding hydrogens is 238 g/mol. The number of piperidine rings is 1. The minimum absolute atomic E-state index is 0.0444. The largest absolute Gasteiger partial charge is 0.341 e. The lowest BCUT2D eigenvalue weighted by Crippen LogP contribution is -2.52. The minimum atomic E-state index is 0.0444. The zero-order valence-corrected chi connectivity index (χ0v) is 12.5. The number of hydrogen-bond donors (Lipinski definition) is 1. The van der Waals surface area contributed by atoms with Gasteiger partial charge < -0.3 is 10.2 Å². The summed E-state index contributed by atoms with van der Waals surface area (Å²) in [6.07, 6.45) is 5.93. The van der Waals surface area contributed by atoms with Gasteiger partial charge in [-0.25, -0.2) is 0 Å². The first-order chi connectivity index (χ1) is 9.24. The topological polar surface area (TPSA) is 35.6 Å². The van der Waals surface area contributed by atoms with E-state index in [1.807, 2.05) is 0 Å². The third kappa shape index (κ3) is 3.69. The Morgan fingerprint density at radius 1 is 1.37 bits per heavy atom. The fourth-order valence-corrected chi connectivity index (χ4v) is 3.39. The molecular formula is C15H29N3O. The third-order valence-electron chi connectivity index (χ3n) is 4.51. The van der Waals surface area contributed by atoms with Gasteiger partial charge in [0.15, 0.2) is 0 Å². The van der Waals surface area contributed by atoms with Crippen LogP contribution in [0.25, 0.3) is 0 Å². The Morgan fingerprint density at radius 3 is 2.68 bits per heavy atom. The number of carbonyl (C=O) groups is 1. The highest BCUT2D eigenvalue weighted by molar-refractivity contribution is 5.81. The summed E-state index contributed by atoms with van der Waals surface area (Å²) < 4.78 is 0. The van der Waals surface area contributed by atoms with Gasteiger partial charge in [-0.1, -0.05) is 6.92 Å². The van der Waals surface area contributed by atoms with Crippen molar-refractivity contribution in [1.82, 2.24) is 15.1 Å². The van der Waals surface area contributed by atoms with E-state index in [0.717, 1.165) is 39.1 Å². The summed E-state index contributed by atoms with van der Waals surface area (Å²) in [6.45, 7) is 9.40. The molecule has 2 heterocycles. The van der Waals surface area contributed by atoms with E-state index in [2.05, 4.69) is 29.0 Å². The van der Waals surface area contributed by atoms with Crippen LogP contribution >= 0.6 is 0 Å². The second kappa shape index (κ2) is 7.25. The molecule has 4 nitrogen and oxygen atoms in total. The predicted molar refractivity (Wildman–Crippen MR) is 78.2 cm³/mol. The number of nitrogens with one attached hydrogen (secondary N) is 1. The molecule has 0 aliphatic carbocycles. The van der Waals surface area contributed by atoms with Gasteiger partial charge in [0.05, 0.1) is 6.04 Å². The molecule has 0 aromatic rings. The van der Waals surface area contributed by atoms with Gasteiger partial charge >= 0.3 is 0 Å². The van der Waals surface area contributed by atoms with E-state index >= 15 is 0 Å². The molecule has 0 spiro atoms. The van der Waals surface area contributed by atoms with Crippen LogP contribution in [0.4, 0.5) is 0 Å². The van der Waals surface area contributed by atoms with Gasteiger partial charge in [-0.2, -0.15) is 0 Å². The van der Waals surface area contributed by atoms with Crippen LogP contribution in [-0.2, 0) is 4.79 Å². The molecule has 2 saturated heterocycles. The van der Waals surface area contributed by atoms with Crippen molar-refractivity contribution in [1.29, 1.82) is 0 Å². The van der Waals surface area contributed by atoms with Gasteiger partial charge in [0, 0.05) is 25.7 Å². The summed E-state index contributed by atoms with van der Waals surface area (Å²) in [4.78, 5) is 17.1. The van der Waals surface area contributed by atoms with Crippen LogP contribution in [0, 0.1) is 0 Å². The van der Waals surface area contributed by atoms with E-state index in [-0.39, 0.29) is 6.04 Å². The van der Waals surface area contributed by atoms with Crippen molar-refractivity contribution in [3.05, 3.63) is 0 Å². The monoisotopic (exact) mass is 267 g/mol. The lowest BCUT2D eigenvalue weighted by atomic mass is 10.1. The Hall–Kier alpha value is -0.610. The number of carbonyl (C=O) groups excluding carboxylic acids is 1. The summed E-state index contributed by atoms with van der Waals surface area (Å²) in [7, 11) is 0. The fourth-order valence-electron chi connectivity index (χ4n) is 3.39. The summed E-state index contributed by atoms with van der Waals surface area (Å²) in [5, 5.41) is 3.42. The van der Waals surface area contributed by atoms with Crippen molar-refractivity contribution in [2.45, 2.75) is 58.0 Å². The van der Waals surface area contributed by atoms with Gasteiger partial charge in [-0.15, -0.1) is 0 Å². The Kier molecular flexibility index (Phi) is 5.64. The van der Waals surface area contributed by atoms with E-state index in [1.54, 1.807) is 0 Å². The van der Waals surface area contributed by atoms with Crippen molar-refractivity contribution in [2.24, 2.45) is 0 Å². The molecule has 2 aliphatic heterocycles. The van der Waals surface area contributed by atoms with E-state index in [4.69, 9.17) is 0 Å². The molecule has 2 unspecified atom stereocenters. The van der Waals surface area contributed by atoms with Crippen LogP contribution in [0.2, 0.25) is 0 Å². The molecule has 1 N–H and O–H groups in total. The zero-order chi connectivity index (χ0) is 13.7. The smallest absolute Gasteiger partial charge is 0.239 e. The summed E-state index contributed by atoms with van der Waals surface area (Å²) >= 11 is 0. The molecule has 4 heteroatoms. The molecule has 0 aromatic heterocycles. The van der Waals surface area contributed by atoms with E-state index in [9.17, 15) is 4.79 Å². The molecule has 2 atom stereocenters. The summed E-state index contributed by atoms with van der Waals surface area (Å²) in [5.41, 5.74) is 0. The number of amides is 1. The zero-order valence-electron chi connectivity index (χ0n) is 12.5. The molecule has 0 saturated carbocycles. The van der Waals surface area contributed by atoms with Crippen LogP contribution in [-0.4, -0.2) is 60.5 Å². The second-order valence-electron chi connectivity index (χ2n) is 5.95. The standard InChI is InChI=1S/C15H29N3O/c1-3-9-18(14-7-8-16-12-14)13(2)15(19)17-10-5-4-6-11-17/h13-14,16H,3-12H2,1-2H3. The number of nitrogens with zero attached hydrogens (tertiary/aromatic N) is 2. The first-order valence-corrected chi connectivity index (χ1v) is 7.99. The Labute approximate surface area is 117 Å². The number of rotatable bonds is 5. The summed E-state index contributed by atoms with van der Waals surface area (Å²) in [6, 6.07) is 0.589. The van der Waals surface area contributed by atoms with Gasteiger partial charge in [0.2, 0.25) is 5.91 Å². The fraction of sp³-hybridized carbons (Fsp3) is 0.933. The average molecular weight is 267 g/mol. The van der Waals surface area contributed by atoms with Gasteiger partial charge in [0.1, 0.15) is 0 Å². The lowest BCUT2D eigenvalue weighted by molar-refractivity contribution is -0.138. The average Bonchev–Trinajstić information content (AvgIpc) is 2.98. The van der Waals surface area contributed by atoms with Crippen molar-refractivity contribution < 1.29 is 4.79 Å². The van der Waals surface area contributed by atoms with Crippen LogP contribution < -0.4 is 5.32 Å². The Balaban J connectivity index is 1.96. The molecule has 2 rings (SSSR count). The summed E-state index contributed by atoms with van der Waals surface area (Å²) in [5.74, 6) is 0.347. The first kappa shape index (κ1) is 14.8. The van der Waals surface area contributed by atoms with E-state index < -0.39 is 0 Å². The van der Waals surface area contributed by atoms with Crippen LogP contribution in [0.5, 0.6) is 0 Å². The first-order valence-electron chi connectivity index (χ1n) is 7.99. The SMILES string of the molecule is CCCN(C1CCNC1)C(C)C(=O)N1CCCCC1. The molecule has 1 amide bonds. The molecule has 0 bridgehead atoms. The Bertz CT molecular complexity index is 283. The van der Waals surface area contributed by atoms with Crippen molar-refractivity contribution in [2.75, 3.05) is 32.7 Å². The molecule has 2 fully saturated rings. The van der Waals surface area contributed by atoms with Crippen LogP contribution in [0.15, 0.2) is 0 Å². The quantitative estimate of drug-likeness (QED) is 0.819. The molecule has 19 heavy (non-hydrogen) atoms. The molecule has 110 valence electrons. The van der Waals surface area contributed by atoms with Crippen LogP contribution in [0.3, 0.4) is 0 Å². The van der Waals surface area contributed by atoms with E-state index in [0.29, 0.717) is 11.9 Å². The highest BCUT2D eigenvalue weighted by atomic mass is 16.2. The van der Waals surface area contributed by atoms with Gasteiger partial charge in [-0.05, 0) is 52.1 Å². The van der Waals surface area contributed by atoms with Crippen molar-refractivity contribution in [3.8, 4) is 0 Å². The predicted octanol–water partition coefficient (Wildman–Crippen LogP) is 1.46. The maximum Gasteiger partial charge on any atom is 0.239 e. The normalized spacial score (nSPS) is 25.8. The highest BCUT2D eigenvalue weighted by Gasteiger charge is 2.32. The number of likely N-dealkylation sites (tertiary alicyclic amines) is 1. The van der Waals surface area contributed by atoms with Crippen molar-refractivity contribution >= 4 is 5.91 Å². The highest BCUT2D eigenvalue weighted by Crippen LogP contribution is 2.17. The lowest BCUT2D eigenvalue weighted by Gasteiger charge is -2.37. The molecule has 0 radical (unpaired) electrons.